The number of aliphatic hydroxyl groups is 3. The quantitative estimate of drug-likeness (QED) is 0.526. The molecule has 0 radical (unpaired) electrons. The minimum atomic E-state index is -0.692. The summed E-state index contributed by atoms with van der Waals surface area (Å²) in [4.78, 5) is 0. The van der Waals surface area contributed by atoms with Crippen LogP contribution in [0.4, 0.5) is 0 Å². The van der Waals surface area contributed by atoms with Crippen molar-refractivity contribution in [2.45, 2.75) is 109 Å². The highest BCUT2D eigenvalue weighted by atomic mass is 16.7. The minimum Gasteiger partial charge on any atom is -0.393 e. The lowest BCUT2D eigenvalue weighted by Gasteiger charge is -2.62. The van der Waals surface area contributed by atoms with Crippen molar-refractivity contribution in [3.8, 4) is 0 Å². The van der Waals surface area contributed by atoms with Crippen LogP contribution in [-0.4, -0.2) is 52.1 Å². The average molecular weight is 449 g/mol. The van der Waals surface area contributed by atoms with Gasteiger partial charge in [0, 0.05) is 12.3 Å². The molecule has 4 aliphatic carbocycles. The number of ether oxygens (including phenoxy) is 2. The lowest BCUT2D eigenvalue weighted by atomic mass is 9.43. The molecule has 4 saturated carbocycles. The Balaban J connectivity index is 1.28. The molecule has 6 rings (SSSR count). The smallest absolute Gasteiger partial charge is 0.171 e. The third kappa shape index (κ3) is 2.81. The van der Waals surface area contributed by atoms with Crippen molar-refractivity contribution in [2.75, 3.05) is 6.61 Å². The summed E-state index contributed by atoms with van der Waals surface area (Å²) in [5, 5.41) is 32.1. The molecule has 0 amide bonds. The summed E-state index contributed by atoms with van der Waals surface area (Å²) >= 11 is 0. The van der Waals surface area contributed by atoms with E-state index in [2.05, 4.69) is 27.7 Å². The maximum Gasteiger partial charge on any atom is 0.171 e. The van der Waals surface area contributed by atoms with Crippen molar-refractivity contribution in [2.24, 2.45) is 52.3 Å². The Morgan fingerprint density at radius 1 is 0.781 bits per heavy atom. The Hall–Kier alpha value is -0.200. The molecule has 0 bridgehead atoms. The molecule has 32 heavy (non-hydrogen) atoms. The molecule has 5 heteroatoms. The van der Waals surface area contributed by atoms with Crippen LogP contribution in [-0.2, 0) is 9.47 Å². The molecular weight excluding hydrogens is 404 g/mol. The van der Waals surface area contributed by atoms with Crippen molar-refractivity contribution in [1.82, 2.24) is 0 Å². The SMILES string of the molecule is CC1CC[C@@]2(OC1)O[C@H]1C[C@H]3[C@@H]4C[C@@H](O)[C@H]5C[C@@H](O)[C@H](O)C[C@]5(C)[C@H]4CC[C@]3(C)[C@H]1[C@@H]2C. The zero-order valence-corrected chi connectivity index (χ0v) is 20.4. The molecule has 5 nitrogen and oxygen atoms in total. The number of fused-ring (bicyclic) bond motifs is 7. The van der Waals surface area contributed by atoms with E-state index >= 15 is 0 Å². The largest absolute Gasteiger partial charge is 0.393 e. The molecule has 2 aliphatic heterocycles. The third-order valence-electron chi connectivity index (χ3n) is 12.0. The molecule has 3 N–H and O–H groups in total. The maximum absolute atomic E-state index is 11.3. The van der Waals surface area contributed by atoms with Crippen LogP contribution in [0.1, 0.15) is 79.1 Å². The molecule has 2 heterocycles. The third-order valence-corrected chi connectivity index (χ3v) is 12.0. The Bertz CT molecular complexity index is 748. The van der Waals surface area contributed by atoms with Crippen LogP contribution in [0.5, 0.6) is 0 Å². The van der Waals surface area contributed by atoms with Gasteiger partial charge in [0.25, 0.3) is 0 Å². The van der Waals surface area contributed by atoms with Gasteiger partial charge in [-0.25, -0.2) is 0 Å². The van der Waals surface area contributed by atoms with Crippen LogP contribution in [0.15, 0.2) is 0 Å². The van der Waals surface area contributed by atoms with Gasteiger partial charge >= 0.3 is 0 Å². The topological polar surface area (TPSA) is 79.2 Å². The van der Waals surface area contributed by atoms with E-state index in [0.29, 0.717) is 48.3 Å². The standard InChI is InChI=1S/C27H44O5/c1-14-5-8-27(31-13-14)15(2)24-23(32-27)11-18-16-9-20(28)19-10-21(29)22(30)12-26(19,4)17(16)6-7-25(18,24)3/h14-24,28-30H,5-13H2,1-4H3/t14?,15-,16+,17-,18-,19+,20+,21+,22+,23-,24-,25-,26+,27+/m0/s1. The lowest BCUT2D eigenvalue weighted by molar-refractivity contribution is -0.273. The van der Waals surface area contributed by atoms with Gasteiger partial charge in [0.1, 0.15) is 0 Å². The zero-order valence-electron chi connectivity index (χ0n) is 20.4. The van der Waals surface area contributed by atoms with E-state index in [4.69, 9.17) is 9.47 Å². The predicted molar refractivity (Wildman–Crippen MR) is 121 cm³/mol. The molecule has 6 fully saturated rings. The van der Waals surface area contributed by atoms with E-state index in [-0.39, 0.29) is 34.7 Å². The van der Waals surface area contributed by atoms with Crippen molar-refractivity contribution in [1.29, 1.82) is 0 Å². The van der Waals surface area contributed by atoms with Gasteiger partial charge in [0.05, 0.1) is 31.0 Å². The summed E-state index contributed by atoms with van der Waals surface area (Å²) in [6, 6.07) is 0. The van der Waals surface area contributed by atoms with Crippen LogP contribution in [0.2, 0.25) is 0 Å². The summed E-state index contributed by atoms with van der Waals surface area (Å²) in [7, 11) is 0. The van der Waals surface area contributed by atoms with Crippen molar-refractivity contribution >= 4 is 0 Å². The molecule has 0 aromatic heterocycles. The number of aliphatic hydroxyl groups excluding tert-OH is 3. The first-order chi connectivity index (χ1) is 15.1. The van der Waals surface area contributed by atoms with Crippen molar-refractivity contribution in [3.05, 3.63) is 0 Å². The van der Waals surface area contributed by atoms with E-state index in [9.17, 15) is 15.3 Å². The molecular formula is C27H44O5. The van der Waals surface area contributed by atoms with Crippen LogP contribution in [0.25, 0.3) is 0 Å². The van der Waals surface area contributed by atoms with Gasteiger partial charge in [0.2, 0.25) is 0 Å². The van der Waals surface area contributed by atoms with Crippen LogP contribution >= 0.6 is 0 Å². The first-order valence-electron chi connectivity index (χ1n) is 13.4. The number of hydrogen-bond donors (Lipinski definition) is 3. The fourth-order valence-electron chi connectivity index (χ4n) is 10.3. The van der Waals surface area contributed by atoms with Gasteiger partial charge in [-0.05, 0) is 91.3 Å². The van der Waals surface area contributed by atoms with E-state index in [1.165, 1.54) is 19.3 Å². The highest BCUT2D eigenvalue weighted by Crippen LogP contribution is 2.71. The monoisotopic (exact) mass is 448 g/mol. The van der Waals surface area contributed by atoms with Crippen LogP contribution < -0.4 is 0 Å². The second-order valence-electron chi connectivity index (χ2n) is 13.4. The molecule has 1 spiro atoms. The van der Waals surface area contributed by atoms with Crippen LogP contribution in [0.3, 0.4) is 0 Å². The summed E-state index contributed by atoms with van der Waals surface area (Å²) < 4.78 is 13.3. The molecule has 2 saturated heterocycles. The molecule has 6 aliphatic rings. The Morgan fingerprint density at radius 3 is 2.28 bits per heavy atom. The van der Waals surface area contributed by atoms with Gasteiger partial charge in [-0.15, -0.1) is 0 Å². The Kier molecular flexibility index (Phi) is 4.99. The first kappa shape index (κ1) is 22.3. The van der Waals surface area contributed by atoms with Gasteiger partial charge < -0.3 is 24.8 Å². The van der Waals surface area contributed by atoms with Crippen LogP contribution in [0, 0.1) is 52.3 Å². The molecule has 0 aromatic carbocycles. The highest BCUT2D eigenvalue weighted by molar-refractivity contribution is 5.16. The van der Waals surface area contributed by atoms with Crippen molar-refractivity contribution in [3.63, 3.8) is 0 Å². The summed E-state index contributed by atoms with van der Waals surface area (Å²) in [5.41, 5.74) is 0.146. The Morgan fingerprint density at radius 2 is 1.56 bits per heavy atom. The van der Waals surface area contributed by atoms with Gasteiger partial charge in [-0.3, -0.25) is 0 Å². The second kappa shape index (κ2) is 7.16. The van der Waals surface area contributed by atoms with Gasteiger partial charge in [-0.2, -0.15) is 0 Å². The average Bonchev–Trinajstić information content (AvgIpc) is 3.18. The van der Waals surface area contributed by atoms with Gasteiger partial charge in [0.15, 0.2) is 5.79 Å². The van der Waals surface area contributed by atoms with E-state index in [1.54, 1.807) is 0 Å². The van der Waals surface area contributed by atoms with Gasteiger partial charge in [-0.1, -0.05) is 27.7 Å². The molecule has 1 unspecified atom stereocenters. The van der Waals surface area contributed by atoms with E-state index < -0.39 is 12.2 Å². The molecule has 14 atom stereocenters. The second-order valence-corrected chi connectivity index (χ2v) is 13.4. The predicted octanol–water partition coefficient (Wildman–Crippen LogP) is 3.74. The molecule has 182 valence electrons. The van der Waals surface area contributed by atoms with Crippen molar-refractivity contribution < 1.29 is 24.8 Å². The number of hydrogen-bond acceptors (Lipinski definition) is 5. The van der Waals surface area contributed by atoms with E-state index in [0.717, 1.165) is 25.9 Å². The highest BCUT2D eigenvalue weighted by Gasteiger charge is 2.70. The lowest BCUT2D eigenvalue weighted by Crippen LogP contribution is -2.61. The fourth-order valence-corrected chi connectivity index (χ4v) is 10.3. The maximum atomic E-state index is 11.3. The zero-order chi connectivity index (χ0) is 22.6. The fraction of sp³-hybridized carbons (Fsp3) is 1.00. The summed E-state index contributed by atoms with van der Waals surface area (Å²) in [6.45, 7) is 10.3. The minimum absolute atomic E-state index is 0.0870. The first-order valence-corrected chi connectivity index (χ1v) is 13.4. The molecule has 0 aromatic rings. The normalized spacial score (nSPS) is 64.0. The van der Waals surface area contributed by atoms with E-state index in [1.807, 2.05) is 0 Å². The summed E-state index contributed by atoms with van der Waals surface area (Å²) in [5.74, 6) is 2.86. The Labute approximate surface area is 193 Å². The number of rotatable bonds is 0. The summed E-state index contributed by atoms with van der Waals surface area (Å²) in [6.07, 6.45) is 6.22.